The number of benzene rings is 1. The highest BCUT2D eigenvalue weighted by Gasteiger charge is 2.12. The van der Waals surface area contributed by atoms with Gasteiger partial charge < -0.3 is 4.42 Å². The van der Waals surface area contributed by atoms with Crippen molar-refractivity contribution in [2.75, 3.05) is 5.43 Å². The van der Waals surface area contributed by atoms with E-state index in [4.69, 9.17) is 4.42 Å². The first-order chi connectivity index (χ1) is 12.3. The molecule has 4 aromatic rings. The number of thiophene rings is 1. The predicted molar refractivity (Wildman–Crippen MR) is 102 cm³/mol. The van der Waals surface area contributed by atoms with Crippen LogP contribution in [0.15, 0.2) is 63.9 Å². The smallest absolute Gasteiger partial charge is 0.159 e. The van der Waals surface area contributed by atoms with Gasteiger partial charge in [-0.3, -0.25) is 5.43 Å². The molecule has 6 heteroatoms. The lowest BCUT2D eigenvalue weighted by molar-refractivity contribution is 0.560. The summed E-state index contributed by atoms with van der Waals surface area (Å²) in [5.41, 5.74) is 6.59. The van der Waals surface area contributed by atoms with Crippen LogP contribution in [0.25, 0.3) is 21.3 Å². The van der Waals surface area contributed by atoms with Gasteiger partial charge in [-0.15, -0.1) is 11.3 Å². The number of nitrogens with zero attached hydrogens (tertiary/aromatic N) is 3. The minimum atomic E-state index is 0.679. The molecule has 0 aliphatic carbocycles. The molecule has 0 spiro atoms. The van der Waals surface area contributed by atoms with Gasteiger partial charge in [0, 0.05) is 10.9 Å². The first kappa shape index (κ1) is 15.5. The fourth-order valence-corrected chi connectivity index (χ4v) is 3.53. The lowest BCUT2D eigenvalue weighted by Gasteiger charge is -2.05. The second-order valence-corrected chi connectivity index (χ2v) is 6.35. The van der Waals surface area contributed by atoms with Crippen LogP contribution in [0, 0.1) is 0 Å². The van der Waals surface area contributed by atoms with Crippen molar-refractivity contribution >= 4 is 33.6 Å². The summed E-state index contributed by atoms with van der Waals surface area (Å²) in [6, 6.07) is 12.3. The molecule has 0 amide bonds. The van der Waals surface area contributed by atoms with Crippen molar-refractivity contribution in [3.05, 3.63) is 65.7 Å². The first-order valence-electron chi connectivity index (χ1n) is 7.99. The van der Waals surface area contributed by atoms with Gasteiger partial charge in [0.15, 0.2) is 5.82 Å². The summed E-state index contributed by atoms with van der Waals surface area (Å²) in [6.07, 6.45) is 5.81. The van der Waals surface area contributed by atoms with E-state index in [1.165, 1.54) is 5.56 Å². The van der Waals surface area contributed by atoms with E-state index in [9.17, 15) is 0 Å². The van der Waals surface area contributed by atoms with E-state index in [1.807, 2.05) is 12.1 Å². The quantitative estimate of drug-likeness (QED) is 0.409. The number of hydrogen-bond donors (Lipinski definition) is 1. The molecule has 0 saturated carbocycles. The van der Waals surface area contributed by atoms with E-state index in [-0.39, 0.29) is 0 Å². The molecule has 0 unspecified atom stereocenters. The second kappa shape index (κ2) is 6.86. The highest BCUT2D eigenvalue weighted by molar-refractivity contribution is 7.17. The van der Waals surface area contributed by atoms with Gasteiger partial charge in [0.1, 0.15) is 16.9 Å². The third kappa shape index (κ3) is 3.16. The van der Waals surface area contributed by atoms with E-state index < -0.39 is 0 Å². The number of anilines is 1. The molecule has 124 valence electrons. The van der Waals surface area contributed by atoms with Gasteiger partial charge in [-0.05, 0) is 29.7 Å². The minimum absolute atomic E-state index is 0.679. The van der Waals surface area contributed by atoms with Crippen molar-refractivity contribution in [2.45, 2.75) is 13.3 Å². The lowest BCUT2D eigenvalue weighted by atomic mass is 10.0. The highest BCUT2D eigenvalue weighted by Crippen LogP contribution is 2.36. The number of aromatic nitrogens is 2. The Kier molecular flexibility index (Phi) is 4.26. The number of rotatable bonds is 5. The van der Waals surface area contributed by atoms with E-state index in [2.05, 4.69) is 57.1 Å². The lowest BCUT2D eigenvalue weighted by Crippen LogP contribution is -1.95. The number of furan rings is 1. The number of nitrogens with one attached hydrogen (secondary N) is 1. The average molecular weight is 348 g/mol. The molecule has 0 radical (unpaired) electrons. The van der Waals surface area contributed by atoms with Crippen molar-refractivity contribution in [1.29, 1.82) is 0 Å². The van der Waals surface area contributed by atoms with Crippen molar-refractivity contribution in [3.8, 4) is 11.1 Å². The van der Waals surface area contributed by atoms with Gasteiger partial charge in [0.2, 0.25) is 0 Å². The van der Waals surface area contributed by atoms with Gasteiger partial charge in [0.05, 0.1) is 17.9 Å². The van der Waals surface area contributed by atoms with Gasteiger partial charge >= 0.3 is 0 Å². The molecule has 25 heavy (non-hydrogen) atoms. The van der Waals surface area contributed by atoms with Crippen LogP contribution in [-0.4, -0.2) is 16.2 Å². The van der Waals surface area contributed by atoms with Crippen molar-refractivity contribution < 1.29 is 4.42 Å². The van der Waals surface area contributed by atoms with Crippen molar-refractivity contribution in [3.63, 3.8) is 0 Å². The third-order valence-corrected chi connectivity index (χ3v) is 4.84. The van der Waals surface area contributed by atoms with Gasteiger partial charge in [-0.2, -0.15) is 5.10 Å². The largest absolute Gasteiger partial charge is 0.463 e. The summed E-state index contributed by atoms with van der Waals surface area (Å²) in [5.74, 6) is 1.36. The summed E-state index contributed by atoms with van der Waals surface area (Å²) in [5, 5.41) is 7.31. The Labute approximate surface area is 149 Å². The summed E-state index contributed by atoms with van der Waals surface area (Å²) < 4.78 is 5.24. The minimum Gasteiger partial charge on any atom is -0.463 e. The predicted octanol–water partition coefficient (Wildman–Crippen LogP) is 4.96. The van der Waals surface area contributed by atoms with Crippen LogP contribution in [0.3, 0.4) is 0 Å². The molecule has 0 saturated heterocycles. The SMILES string of the molecule is CCc1ccc(-c2csc3ncnc(N/N=C/c4ccco4)c23)cc1. The fraction of sp³-hybridized carbons (Fsp3) is 0.105. The first-order valence-corrected chi connectivity index (χ1v) is 8.87. The van der Waals surface area contributed by atoms with E-state index >= 15 is 0 Å². The zero-order valence-corrected chi connectivity index (χ0v) is 14.5. The Morgan fingerprint density at radius 1 is 1.20 bits per heavy atom. The molecule has 4 rings (SSSR count). The highest BCUT2D eigenvalue weighted by atomic mass is 32.1. The van der Waals surface area contributed by atoms with E-state index in [0.29, 0.717) is 11.6 Å². The van der Waals surface area contributed by atoms with Gasteiger partial charge in [-0.1, -0.05) is 31.2 Å². The normalized spacial score (nSPS) is 11.4. The third-order valence-electron chi connectivity index (χ3n) is 3.95. The number of hydrazone groups is 1. The summed E-state index contributed by atoms with van der Waals surface area (Å²) in [4.78, 5) is 9.67. The number of hydrogen-bond acceptors (Lipinski definition) is 6. The van der Waals surface area contributed by atoms with E-state index in [1.54, 1.807) is 30.1 Å². The molecule has 5 nitrogen and oxygen atoms in total. The summed E-state index contributed by atoms with van der Waals surface area (Å²) in [6.45, 7) is 2.15. The average Bonchev–Trinajstić information content (AvgIpc) is 3.32. The maximum atomic E-state index is 5.24. The van der Waals surface area contributed by atoms with Crippen LogP contribution in [0.4, 0.5) is 5.82 Å². The topological polar surface area (TPSA) is 63.3 Å². The molecule has 0 fully saturated rings. The van der Waals surface area contributed by atoms with Crippen molar-refractivity contribution in [2.24, 2.45) is 5.10 Å². The van der Waals surface area contributed by atoms with Crippen LogP contribution in [0.5, 0.6) is 0 Å². The monoisotopic (exact) mass is 348 g/mol. The zero-order valence-electron chi connectivity index (χ0n) is 13.6. The number of aryl methyl sites for hydroxylation is 1. The Morgan fingerprint density at radius 3 is 2.84 bits per heavy atom. The van der Waals surface area contributed by atoms with Crippen LogP contribution < -0.4 is 5.43 Å². The van der Waals surface area contributed by atoms with E-state index in [0.717, 1.165) is 27.8 Å². The molecule has 0 bridgehead atoms. The molecular formula is C19H16N4OS. The van der Waals surface area contributed by atoms with Crippen molar-refractivity contribution in [1.82, 2.24) is 9.97 Å². The van der Waals surface area contributed by atoms with Crippen LogP contribution in [0.1, 0.15) is 18.2 Å². The fourth-order valence-electron chi connectivity index (χ4n) is 2.61. The molecule has 3 heterocycles. The summed E-state index contributed by atoms with van der Waals surface area (Å²) >= 11 is 1.60. The molecule has 0 aliphatic heterocycles. The Morgan fingerprint density at radius 2 is 2.08 bits per heavy atom. The van der Waals surface area contributed by atoms with Crippen LogP contribution in [-0.2, 0) is 6.42 Å². The Bertz CT molecular complexity index is 1000. The Hall–Kier alpha value is -2.99. The second-order valence-electron chi connectivity index (χ2n) is 5.49. The standard InChI is InChI=1S/C19H16N4OS/c1-2-13-5-7-14(8-6-13)16-11-25-19-17(16)18(20-12-21-19)23-22-10-15-4-3-9-24-15/h3-12H,2H2,1H3,(H,20,21,23)/b22-10+. The molecule has 0 aliphatic rings. The maximum absolute atomic E-state index is 5.24. The number of fused-ring (bicyclic) bond motifs is 1. The molecule has 3 aromatic heterocycles. The van der Waals surface area contributed by atoms with Gasteiger partial charge in [0.25, 0.3) is 0 Å². The summed E-state index contributed by atoms with van der Waals surface area (Å²) in [7, 11) is 0. The molecule has 0 atom stereocenters. The molecule has 1 aromatic carbocycles. The zero-order chi connectivity index (χ0) is 17.1. The Balaban J connectivity index is 1.71. The molecule has 1 N–H and O–H groups in total. The molecular weight excluding hydrogens is 332 g/mol. The van der Waals surface area contributed by atoms with Crippen LogP contribution >= 0.6 is 11.3 Å². The van der Waals surface area contributed by atoms with Crippen LogP contribution in [0.2, 0.25) is 0 Å². The maximum Gasteiger partial charge on any atom is 0.159 e. The van der Waals surface area contributed by atoms with Gasteiger partial charge in [-0.25, -0.2) is 9.97 Å².